The van der Waals surface area contributed by atoms with Crippen LogP contribution in [0.2, 0.25) is 5.02 Å². The molecule has 3 rings (SSSR count). The van der Waals surface area contributed by atoms with Gasteiger partial charge in [0.1, 0.15) is 11.9 Å². The second-order valence-electron chi connectivity index (χ2n) is 6.09. The summed E-state index contributed by atoms with van der Waals surface area (Å²) in [5, 5.41) is 24.4. The van der Waals surface area contributed by atoms with Crippen LogP contribution in [0.25, 0.3) is 5.69 Å². The Balaban J connectivity index is 2.41. The fraction of sp³-hybridized carbons (Fsp3) is 0.235. The zero-order chi connectivity index (χ0) is 22.5. The van der Waals surface area contributed by atoms with E-state index in [-0.39, 0.29) is 17.1 Å². The number of nitrogens with zero attached hydrogens (tertiary/aromatic N) is 4. The Labute approximate surface area is 174 Å². The van der Waals surface area contributed by atoms with Gasteiger partial charge < -0.3 is 5.32 Å². The van der Waals surface area contributed by atoms with Gasteiger partial charge in [-0.25, -0.2) is 4.68 Å². The molecule has 0 aliphatic carbocycles. The molecule has 0 spiro atoms. The molecular weight excluding hydrogens is 456 g/mol. The molecule has 0 saturated carbocycles. The fourth-order valence-electron chi connectivity index (χ4n) is 3.05. The lowest BCUT2D eigenvalue weighted by Crippen LogP contribution is -2.39. The molecule has 1 atom stereocenters. The van der Waals surface area contributed by atoms with Crippen molar-refractivity contribution in [3.05, 3.63) is 46.6 Å². The molecule has 1 aliphatic rings. The van der Waals surface area contributed by atoms with E-state index in [1.54, 1.807) is 6.07 Å². The van der Waals surface area contributed by atoms with Crippen LogP contribution in [-0.4, -0.2) is 15.3 Å². The molecule has 0 fully saturated rings. The molecule has 30 heavy (non-hydrogen) atoms. The van der Waals surface area contributed by atoms with Crippen LogP contribution in [0.4, 0.5) is 32.2 Å². The van der Waals surface area contributed by atoms with Gasteiger partial charge in [-0.2, -0.15) is 42.0 Å². The third-order valence-corrected chi connectivity index (χ3v) is 5.41. The molecule has 2 heterocycles. The molecule has 5 nitrogen and oxygen atoms in total. The largest absolute Gasteiger partial charge is 0.446 e. The van der Waals surface area contributed by atoms with Crippen LogP contribution in [-0.2, 0) is 11.7 Å². The van der Waals surface area contributed by atoms with Crippen LogP contribution >= 0.6 is 23.4 Å². The van der Waals surface area contributed by atoms with E-state index in [2.05, 4.69) is 17.0 Å². The molecule has 156 valence electrons. The summed E-state index contributed by atoms with van der Waals surface area (Å²) in [5.41, 5.74) is -8.58. The number of hydrogen-bond acceptors (Lipinski definition) is 5. The number of halogens is 7. The number of hydrogen-bond donors (Lipinski definition) is 1. The highest BCUT2D eigenvalue weighted by molar-refractivity contribution is 8.00. The van der Waals surface area contributed by atoms with Crippen LogP contribution < -0.4 is 5.32 Å². The van der Waals surface area contributed by atoms with Gasteiger partial charge >= 0.3 is 11.7 Å². The van der Waals surface area contributed by atoms with Gasteiger partial charge in [0.2, 0.25) is 0 Å². The first-order chi connectivity index (χ1) is 13.9. The molecule has 0 radical (unpaired) electrons. The first-order valence-electron chi connectivity index (χ1n) is 7.86. The standard InChI is InChI=1S/C17H8ClF6N5S/c1-2-15(3-4-25)9-5-8(16(19,20)21)6-10(18)12(9)29-14(27-15)13(11(7-26)28-29)30-17(22,23)24/h2,5-6,27H,1,3H2. The molecule has 13 heteroatoms. The van der Waals surface area contributed by atoms with Gasteiger partial charge in [0, 0.05) is 5.56 Å². The van der Waals surface area contributed by atoms with E-state index in [4.69, 9.17) is 11.6 Å². The van der Waals surface area contributed by atoms with Crippen molar-refractivity contribution < 1.29 is 26.3 Å². The molecule has 0 saturated heterocycles. The Bertz CT molecular complexity index is 1120. The minimum Gasteiger partial charge on any atom is -0.355 e. The summed E-state index contributed by atoms with van der Waals surface area (Å²) in [7, 11) is 0. The Kier molecular flexibility index (Phi) is 5.21. The second kappa shape index (κ2) is 7.15. The van der Waals surface area contributed by atoms with E-state index in [1.807, 2.05) is 0 Å². The molecule has 1 aromatic carbocycles. The van der Waals surface area contributed by atoms with Crippen molar-refractivity contribution in [3.8, 4) is 17.8 Å². The average molecular weight is 464 g/mol. The molecule has 1 unspecified atom stereocenters. The molecule has 0 amide bonds. The van der Waals surface area contributed by atoms with Crippen molar-refractivity contribution in [2.45, 2.75) is 28.5 Å². The van der Waals surface area contributed by atoms with Crippen molar-refractivity contribution in [2.75, 3.05) is 5.32 Å². The second-order valence-corrected chi connectivity index (χ2v) is 7.57. The van der Waals surface area contributed by atoms with Crippen molar-refractivity contribution in [1.29, 1.82) is 10.5 Å². The predicted octanol–water partition coefficient (Wildman–Crippen LogP) is 5.75. The van der Waals surface area contributed by atoms with Crippen LogP contribution in [0.5, 0.6) is 0 Å². The highest BCUT2D eigenvalue weighted by Gasteiger charge is 2.44. The molecule has 1 aromatic heterocycles. The van der Waals surface area contributed by atoms with Crippen molar-refractivity contribution in [2.24, 2.45) is 0 Å². The SMILES string of the molecule is C=CC1(CC#N)Nc2c(SC(F)(F)F)c(C#N)nn2-c2c(Cl)cc(C(F)(F)F)cc21. The highest BCUT2D eigenvalue weighted by Crippen LogP contribution is 2.50. The van der Waals surface area contributed by atoms with E-state index in [1.165, 1.54) is 6.07 Å². The molecular formula is C17H8ClF6N5S. The minimum absolute atomic E-state index is 0.165. The fourth-order valence-corrected chi connectivity index (χ4v) is 4.00. The number of benzene rings is 1. The molecule has 2 aromatic rings. The number of thioether (sulfide) groups is 1. The van der Waals surface area contributed by atoms with Gasteiger partial charge in [-0.15, -0.1) is 6.58 Å². The lowest BCUT2D eigenvalue weighted by Gasteiger charge is -2.38. The third kappa shape index (κ3) is 3.57. The first-order valence-corrected chi connectivity index (χ1v) is 9.05. The number of fused-ring (bicyclic) bond motifs is 3. The molecule has 0 bridgehead atoms. The zero-order valence-corrected chi connectivity index (χ0v) is 16.1. The Morgan fingerprint density at radius 2 is 1.93 bits per heavy atom. The summed E-state index contributed by atoms with van der Waals surface area (Å²) >= 11 is 5.47. The smallest absolute Gasteiger partial charge is 0.355 e. The van der Waals surface area contributed by atoms with E-state index in [0.29, 0.717) is 6.07 Å². The van der Waals surface area contributed by atoms with Crippen molar-refractivity contribution in [3.63, 3.8) is 0 Å². The maximum atomic E-state index is 13.3. The maximum absolute atomic E-state index is 13.3. The van der Waals surface area contributed by atoms with Gasteiger partial charge in [0.15, 0.2) is 5.69 Å². The van der Waals surface area contributed by atoms with Crippen LogP contribution in [0.3, 0.4) is 0 Å². The Hall–Kier alpha value is -2.83. The van der Waals surface area contributed by atoms with E-state index < -0.39 is 56.6 Å². The van der Waals surface area contributed by atoms with Gasteiger partial charge in [-0.1, -0.05) is 17.7 Å². The topological polar surface area (TPSA) is 77.4 Å². The average Bonchev–Trinajstić information content (AvgIpc) is 2.96. The van der Waals surface area contributed by atoms with Gasteiger partial charge in [-0.3, -0.25) is 0 Å². The van der Waals surface area contributed by atoms with Crippen LogP contribution in [0.1, 0.15) is 23.2 Å². The highest BCUT2D eigenvalue weighted by atomic mass is 35.5. The summed E-state index contributed by atoms with van der Waals surface area (Å²) in [6, 6.07) is 4.64. The lowest BCUT2D eigenvalue weighted by atomic mass is 9.83. The van der Waals surface area contributed by atoms with Gasteiger partial charge in [0.05, 0.1) is 39.2 Å². The number of nitriles is 2. The van der Waals surface area contributed by atoms with Crippen LogP contribution in [0.15, 0.2) is 29.7 Å². The summed E-state index contributed by atoms with van der Waals surface area (Å²) in [6.45, 7) is 3.54. The van der Waals surface area contributed by atoms with Crippen molar-refractivity contribution in [1.82, 2.24) is 9.78 Å². The summed E-state index contributed by atoms with van der Waals surface area (Å²) in [6.07, 6.45) is -4.15. The summed E-state index contributed by atoms with van der Waals surface area (Å²) in [4.78, 5) is -0.601. The Morgan fingerprint density at radius 1 is 1.27 bits per heavy atom. The lowest BCUT2D eigenvalue weighted by molar-refractivity contribution is -0.137. The monoisotopic (exact) mass is 463 g/mol. The minimum atomic E-state index is -4.78. The molecule has 1 N–H and O–H groups in total. The number of nitrogens with one attached hydrogen (secondary N) is 1. The van der Waals surface area contributed by atoms with E-state index >= 15 is 0 Å². The quantitative estimate of drug-likeness (QED) is 0.356. The number of alkyl halides is 6. The summed E-state index contributed by atoms with van der Waals surface area (Å²) < 4.78 is 80.0. The van der Waals surface area contributed by atoms with Crippen molar-refractivity contribution >= 4 is 29.2 Å². The van der Waals surface area contributed by atoms with Gasteiger partial charge in [0.25, 0.3) is 0 Å². The number of rotatable bonds is 3. The number of aromatic nitrogens is 2. The first kappa shape index (κ1) is 21.9. The van der Waals surface area contributed by atoms with E-state index in [9.17, 15) is 36.9 Å². The van der Waals surface area contributed by atoms with E-state index in [0.717, 1.165) is 16.8 Å². The number of anilines is 1. The Morgan fingerprint density at radius 3 is 2.43 bits per heavy atom. The zero-order valence-electron chi connectivity index (χ0n) is 14.5. The van der Waals surface area contributed by atoms with Crippen LogP contribution in [0, 0.1) is 22.7 Å². The molecule has 1 aliphatic heterocycles. The summed E-state index contributed by atoms with van der Waals surface area (Å²) in [5.74, 6) is -0.335. The third-order valence-electron chi connectivity index (χ3n) is 4.30. The van der Waals surface area contributed by atoms with Gasteiger partial charge in [-0.05, 0) is 23.9 Å². The maximum Gasteiger partial charge on any atom is 0.446 e. The normalized spacial score (nSPS) is 17.9. The predicted molar refractivity (Wildman–Crippen MR) is 95.9 cm³/mol.